The first-order valence-corrected chi connectivity index (χ1v) is 5.08. The molecule has 0 bridgehead atoms. The number of benzene rings is 1. The molecule has 2 aromatic rings. The molecule has 1 heterocycles. The monoisotopic (exact) mass is 253 g/mol. The van der Waals surface area contributed by atoms with Crippen LogP contribution in [0, 0.1) is 12.7 Å². The minimum absolute atomic E-state index is 0.0169. The van der Waals surface area contributed by atoms with Crippen LogP contribution in [0.2, 0.25) is 0 Å². The predicted molar refractivity (Wildman–Crippen MR) is 58.4 cm³/mol. The first-order valence-electron chi connectivity index (χ1n) is 5.08. The van der Waals surface area contributed by atoms with Gasteiger partial charge in [0.05, 0.1) is 0 Å². The van der Waals surface area contributed by atoms with Crippen LogP contribution in [0.1, 0.15) is 21.6 Å². The van der Waals surface area contributed by atoms with Crippen LogP contribution in [0.3, 0.4) is 0 Å². The Labute approximate surface area is 101 Å². The molecule has 1 N–H and O–H groups in total. The number of aryl methyl sites for hydroxylation is 1. The number of halogens is 2. The molecule has 0 unspecified atom stereocenters. The fourth-order valence-electron chi connectivity index (χ4n) is 1.60. The normalized spacial score (nSPS) is 10.6. The molecule has 6 heteroatoms. The molecule has 0 aliphatic rings. The van der Waals surface area contributed by atoms with Crippen molar-refractivity contribution in [1.29, 1.82) is 0 Å². The zero-order valence-electron chi connectivity index (χ0n) is 9.41. The smallest absolute Gasteiger partial charge is 0.358 e. The molecule has 0 saturated carbocycles. The van der Waals surface area contributed by atoms with E-state index in [1.807, 2.05) is 0 Å². The highest BCUT2D eigenvalue weighted by atomic mass is 19.1. The highest BCUT2D eigenvalue weighted by Gasteiger charge is 2.15. The zero-order chi connectivity index (χ0) is 13.3. The lowest BCUT2D eigenvalue weighted by molar-refractivity contribution is 0.0686. The molecule has 18 heavy (non-hydrogen) atoms. The van der Waals surface area contributed by atoms with Crippen LogP contribution in [0.25, 0.3) is 11.3 Å². The van der Waals surface area contributed by atoms with Gasteiger partial charge >= 0.3 is 5.97 Å². The Bertz CT molecular complexity index is 584. The molecule has 4 nitrogen and oxygen atoms in total. The van der Waals surface area contributed by atoms with Gasteiger partial charge in [-0.1, -0.05) is 5.16 Å². The first-order chi connectivity index (χ1) is 8.52. The van der Waals surface area contributed by atoms with E-state index in [1.165, 1.54) is 12.1 Å². The highest BCUT2D eigenvalue weighted by Crippen LogP contribution is 2.26. The van der Waals surface area contributed by atoms with Gasteiger partial charge in [-0.3, -0.25) is 0 Å². The molecule has 0 aliphatic carbocycles. The van der Waals surface area contributed by atoms with Crippen LogP contribution in [0.15, 0.2) is 22.7 Å². The number of carboxylic acids is 1. The number of aromatic carboxylic acids is 1. The summed E-state index contributed by atoms with van der Waals surface area (Å²) in [5, 5.41) is 12.0. The van der Waals surface area contributed by atoms with Crippen LogP contribution in [-0.4, -0.2) is 16.2 Å². The molecule has 1 aromatic carbocycles. The van der Waals surface area contributed by atoms with Crippen LogP contribution in [0.4, 0.5) is 8.78 Å². The van der Waals surface area contributed by atoms with Gasteiger partial charge in [0, 0.05) is 17.2 Å². The number of nitrogens with zero attached hydrogens (tertiary/aromatic N) is 1. The lowest BCUT2D eigenvalue weighted by atomic mass is 10.0. The second-order valence-corrected chi connectivity index (χ2v) is 3.77. The van der Waals surface area contributed by atoms with Crippen molar-refractivity contribution in [2.45, 2.75) is 13.6 Å². The summed E-state index contributed by atoms with van der Waals surface area (Å²) < 4.78 is 30.9. The van der Waals surface area contributed by atoms with Crippen LogP contribution in [-0.2, 0) is 6.67 Å². The summed E-state index contributed by atoms with van der Waals surface area (Å²) in [5.41, 5.74) is 0.470. The zero-order valence-corrected chi connectivity index (χ0v) is 9.41. The summed E-state index contributed by atoms with van der Waals surface area (Å²) in [6.07, 6.45) is 0. The average Bonchev–Trinajstić information content (AvgIpc) is 2.77. The Morgan fingerprint density at radius 1 is 1.44 bits per heavy atom. The van der Waals surface area contributed by atoms with E-state index in [9.17, 15) is 13.6 Å². The third-order valence-corrected chi connectivity index (χ3v) is 2.57. The van der Waals surface area contributed by atoms with Crippen molar-refractivity contribution in [3.63, 3.8) is 0 Å². The number of carboxylic acid groups (broad SMARTS) is 1. The number of carbonyl (C=O) groups is 1. The van der Waals surface area contributed by atoms with E-state index in [-0.39, 0.29) is 17.0 Å². The summed E-state index contributed by atoms with van der Waals surface area (Å²) in [6.45, 7) is 0.671. The maximum atomic E-state index is 13.5. The van der Waals surface area contributed by atoms with Crippen molar-refractivity contribution in [2.24, 2.45) is 0 Å². The molecule has 2 rings (SSSR count). The van der Waals surface area contributed by atoms with Gasteiger partial charge in [0.25, 0.3) is 0 Å². The van der Waals surface area contributed by atoms with Gasteiger partial charge < -0.3 is 9.63 Å². The second-order valence-electron chi connectivity index (χ2n) is 3.77. The number of alkyl halides is 1. The van der Waals surface area contributed by atoms with E-state index in [0.29, 0.717) is 11.1 Å². The van der Waals surface area contributed by atoms with E-state index in [0.717, 1.165) is 6.07 Å². The van der Waals surface area contributed by atoms with Gasteiger partial charge in [0.15, 0.2) is 11.5 Å². The molecular formula is C12H9F2NO3. The SMILES string of the molecule is Cc1cc(-c2cc(C(=O)O)no2)cc(F)c1CF. The number of hydrogen-bond donors (Lipinski definition) is 1. The molecular weight excluding hydrogens is 244 g/mol. The Morgan fingerprint density at radius 3 is 2.67 bits per heavy atom. The quantitative estimate of drug-likeness (QED) is 0.913. The minimum atomic E-state index is -1.23. The van der Waals surface area contributed by atoms with Crippen LogP contribution < -0.4 is 0 Å². The van der Waals surface area contributed by atoms with Crippen molar-refractivity contribution in [2.75, 3.05) is 0 Å². The van der Waals surface area contributed by atoms with Gasteiger partial charge in [0.1, 0.15) is 12.5 Å². The fraction of sp³-hybridized carbons (Fsp3) is 0.167. The van der Waals surface area contributed by atoms with Crippen molar-refractivity contribution in [1.82, 2.24) is 5.16 Å². The van der Waals surface area contributed by atoms with Crippen molar-refractivity contribution in [3.05, 3.63) is 40.8 Å². The van der Waals surface area contributed by atoms with Crippen LogP contribution >= 0.6 is 0 Å². The Balaban J connectivity index is 2.47. The van der Waals surface area contributed by atoms with E-state index in [2.05, 4.69) is 5.16 Å². The molecule has 1 aromatic heterocycles. The van der Waals surface area contributed by atoms with Crippen molar-refractivity contribution >= 4 is 5.97 Å². The predicted octanol–water partition coefficient (Wildman–Crippen LogP) is 2.96. The van der Waals surface area contributed by atoms with Gasteiger partial charge in [-0.05, 0) is 24.6 Å². The highest BCUT2D eigenvalue weighted by molar-refractivity contribution is 5.86. The molecule has 0 fully saturated rings. The van der Waals surface area contributed by atoms with Crippen molar-refractivity contribution in [3.8, 4) is 11.3 Å². The molecule has 0 amide bonds. The maximum absolute atomic E-state index is 13.5. The summed E-state index contributed by atoms with van der Waals surface area (Å²) in [6, 6.07) is 3.80. The van der Waals surface area contributed by atoms with Gasteiger partial charge in [-0.25, -0.2) is 13.6 Å². The molecule has 0 aliphatic heterocycles. The van der Waals surface area contributed by atoms with E-state index in [1.54, 1.807) is 6.92 Å². The Morgan fingerprint density at radius 2 is 2.17 bits per heavy atom. The average molecular weight is 253 g/mol. The van der Waals surface area contributed by atoms with E-state index < -0.39 is 18.5 Å². The Kier molecular flexibility index (Phi) is 3.10. The summed E-state index contributed by atoms with van der Waals surface area (Å²) >= 11 is 0. The topological polar surface area (TPSA) is 63.3 Å². The number of aromatic nitrogens is 1. The fourth-order valence-corrected chi connectivity index (χ4v) is 1.60. The summed E-state index contributed by atoms with van der Waals surface area (Å²) in [5.74, 6) is -1.80. The molecule has 0 atom stereocenters. The van der Waals surface area contributed by atoms with Gasteiger partial charge in [-0.2, -0.15) is 0 Å². The van der Waals surface area contributed by atoms with Gasteiger partial charge in [0.2, 0.25) is 0 Å². The summed E-state index contributed by atoms with van der Waals surface area (Å²) in [7, 11) is 0. The Hall–Kier alpha value is -2.24. The van der Waals surface area contributed by atoms with E-state index >= 15 is 0 Å². The third-order valence-electron chi connectivity index (χ3n) is 2.57. The second kappa shape index (κ2) is 4.56. The number of rotatable bonds is 3. The summed E-state index contributed by atoms with van der Waals surface area (Å²) in [4.78, 5) is 10.6. The van der Waals surface area contributed by atoms with Gasteiger partial charge in [-0.15, -0.1) is 0 Å². The molecule has 0 spiro atoms. The first kappa shape index (κ1) is 12.2. The lowest BCUT2D eigenvalue weighted by Gasteiger charge is -2.05. The third kappa shape index (κ3) is 2.09. The largest absolute Gasteiger partial charge is 0.476 e. The molecule has 0 radical (unpaired) electrons. The van der Waals surface area contributed by atoms with Crippen molar-refractivity contribution < 1.29 is 23.2 Å². The van der Waals surface area contributed by atoms with E-state index in [4.69, 9.17) is 9.63 Å². The standard InChI is InChI=1S/C12H9F2NO3/c1-6-2-7(3-9(14)8(6)5-13)11-4-10(12(16)17)15-18-11/h2-4H,5H2,1H3,(H,16,17). The minimum Gasteiger partial charge on any atom is -0.476 e. The lowest BCUT2D eigenvalue weighted by Crippen LogP contribution is -1.94. The molecule has 94 valence electrons. The number of hydrogen-bond acceptors (Lipinski definition) is 3. The maximum Gasteiger partial charge on any atom is 0.358 e. The van der Waals surface area contributed by atoms with Crippen LogP contribution in [0.5, 0.6) is 0 Å². The molecule has 0 saturated heterocycles.